The van der Waals surface area contributed by atoms with Gasteiger partial charge in [0.2, 0.25) is 0 Å². The van der Waals surface area contributed by atoms with Crippen molar-refractivity contribution in [3.8, 4) is 0 Å². The van der Waals surface area contributed by atoms with Gasteiger partial charge in [-0.25, -0.2) is 0 Å². The number of aliphatic hydroxyl groups excluding tert-OH is 2. The minimum atomic E-state index is 0.331. The van der Waals surface area contributed by atoms with E-state index in [1.54, 1.807) is 0 Å². The number of rotatable bonds is 6. The third-order valence-corrected chi connectivity index (χ3v) is 3.89. The molecule has 2 saturated heterocycles. The number of aliphatic hydroxyl groups is 2. The molecule has 19 heavy (non-hydrogen) atoms. The Balaban J connectivity index is 0.000000141. The Kier molecular flexibility index (Phi) is 6.53. The first-order valence-electron chi connectivity index (χ1n) is 7.34. The standard InChI is InChI=1S/C8H16O2.C6H10O3/c9-5-7-1-2-8(6-10)4-3-7;1(5-3-8-5)7-2-6-4-9-6/h7-10H,1-6H2;5-6H,1-4H2. The van der Waals surface area contributed by atoms with Crippen LogP contribution >= 0.6 is 0 Å². The second kappa shape index (κ2) is 8.17. The zero-order valence-electron chi connectivity index (χ0n) is 11.5. The molecule has 3 aliphatic rings. The highest BCUT2D eigenvalue weighted by Crippen LogP contribution is 2.27. The molecule has 0 aromatic rings. The van der Waals surface area contributed by atoms with Crippen LogP contribution in [0.15, 0.2) is 0 Å². The molecule has 2 N–H and O–H groups in total. The maximum Gasteiger partial charge on any atom is 0.104 e. The first kappa shape index (κ1) is 15.2. The van der Waals surface area contributed by atoms with Gasteiger partial charge in [0.25, 0.3) is 0 Å². The molecule has 0 aromatic carbocycles. The number of epoxide rings is 2. The fraction of sp³-hybridized carbons (Fsp3) is 1.00. The molecule has 3 fully saturated rings. The van der Waals surface area contributed by atoms with Crippen LogP contribution < -0.4 is 0 Å². The molecule has 112 valence electrons. The summed E-state index contributed by atoms with van der Waals surface area (Å²) in [5.41, 5.74) is 0. The summed E-state index contributed by atoms with van der Waals surface area (Å²) < 4.78 is 15.1. The largest absolute Gasteiger partial charge is 0.396 e. The molecule has 5 nitrogen and oxygen atoms in total. The monoisotopic (exact) mass is 274 g/mol. The molecule has 1 saturated carbocycles. The van der Waals surface area contributed by atoms with E-state index < -0.39 is 0 Å². The van der Waals surface area contributed by atoms with Gasteiger partial charge in [0.1, 0.15) is 12.2 Å². The van der Waals surface area contributed by atoms with E-state index in [-0.39, 0.29) is 0 Å². The van der Waals surface area contributed by atoms with Crippen molar-refractivity contribution in [1.29, 1.82) is 0 Å². The summed E-state index contributed by atoms with van der Waals surface area (Å²) in [6, 6.07) is 0. The SMILES string of the molecule is C(OCC1CO1)C1CO1.OCC1CCC(CO)CC1. The highest BCUT2D eigenvalue weighted by molar-refractivity contribution is 4.71. The second-order valence-corrected chi connectivity index (χ2v) is 5.70. The van der Waals surface area contributed by atoms with Crippen molar-refractivity contribution in [2.75, 3.05) is 39.6 Å². The summed E-state index contributed by atoms with van der Waals surface area (Å²) in [7, 11) is 0. The van der Waals surface area contributed by atoms with E-state index in [9.17, 15) is 0 Å². The van der Waals surface area contributed by atoms with Gasteiger partial charge in [-0.1, -0.05) is 0 Å². The second-order valence-electron chi connectivity index (χ2n) is 5.70. The summed E-state index contributed by atoms with van der Waals surface area (Å²) in [4.78, 5) is 0. The van der Waals surface area contributed by atoms with Crippen molar-refractivity contribution in [1.82, 2.24) is 0 Å². The highest BCUT2D eigenvalue weighted by atomic mass is 16.6. The fourth-order valence-electron chi connectivity index (χ4n) is 2.26. The molecule has 1 aliphatic carbocycles. The average Bonchev–Trinajstić information content (AvgIpc) is 3.34. The van der Waals surface area contributed by atoms with E-state index in [1.165, 1.54) is 0 Å². The molecular weight excluding hydrogens is 248 g/mol. The van der Waals surface area contributed by atoms with Gasteiger partial charge in [0.15, 0.2) is 0 Å². The Labute approximate surface area is 114 Å². The lowest BCUT2D eigenvalue weighted by Gasteiger charge is -2.25. The summed E-state index contributed by atoms with van der Waals surface area (Å²) in [5.74, 6) is 1.03. The normalized spacial score (nSPS) is 36.3. The molecule has 2 aliphatic heterocycles. The van der Waals surface area contributed by atoms with Crippen LogP contribution in [0.4, 0.5) is 0 Å². The average molecular weight is 274 g/mol. The van der Waals surface area contributed by atoms with Crippen molar-refractivity contribution in [3.63, 3.8) is 0 Å². The van der Waals surface area contributed by atoms with Gasteiger partial charge in [-0.3, -0.25) is 0 Å². The van der Waals surface area contributed by atoms with Crippen molar-refractivity contribution in [3.05, 3.63) is 0 Å². The lowest BCUT2D eigenvalue weighted by atomic mass is 9.83. The van der Waals surface area contributed by atoms with E-state index in [4.69, 9.17) is 24.4 Å². The van der Waals surface area contributed by atoms with E-state index >= 15 is 0 Å². The molecule has 0 aromatic heterocycles. The van der Waals surface area contributed by atoms with Gasteiger partial charge in [0.05, 0.1) is 26.4 Å². The minimum Gasteiger partial charge on any atom is -0.396 e. The van der Waals surface area contributed by atoms with Crippen molar-refractivity contribution >= 4 is 0 Å². The van der Waals surface area contributed by atoms with E-state index in [0.29, 0.717) is 37.3 Å². The Bertz CT molecular complexity index is 208. The number of hydrogen-bond donors (Lipinski definition) is 2. The zero-order chi connectivity index (χ0) is 13.5. The van der Waals surface area contributed by atoms with Gasteiger partial charge >= 0.3 is 0 Å². The molecule has 2 unspecified atom stereocenters. The molecule has 3 rings (SSSR count). The van der Waals surface area contributed by atoms with Crippen LogP contribution in [0.1, 0.15) is 25.7 Å². The molecule has 0 amide bonds. The predicted molar refractivity (Wildman–Crippen MR) is 69.9 cm³/mol. The third kappa shape index (κ3) is 6.68. The summed E-state index contributed by atoms with van der Waals surface area (Å²) in [6.45, 7) is 3.92. The van der Waals surface area contributed by atoms with Gasteiger partial charge in [-0.2, -0.15) is 0 Å². The van der Waals surface area contributed by atoms with Crippen LogP contribution in [-0.2, 0) is 14.2 Å². The lowest BCUT2D eigenvalue weighted by Crippen LogP contribution is -2.19. The first-order valence-corrected chi connectivity index (χ1v) is 7.34. The Morgan fingerprint density at radius 2 is 1.16 bits per heavy atom. The highest BCUT2D eigenvalue weighted by Gasteiger charge is 2.26. The summed E-state index contributed by atoms with van der Waals surface area (Å²) in [6.07, 6.45) is 5.18. The topological polar surface area (TPSA) is 74.8 Å². The van der Waals surface area contributed by atoms with E-state index in [2.05, 4.69) is 0 Å². The molecule has 0 spiro atoms. The maximum absolute atomic E-state index is 8.79. The zero-order valence-corrected chi connectivity index (χ0v) is 11.5. The number of ether oxygens (including phenoxy) is 3. The minimum absolute atomic E-state index is 0.331. The van der Waals surface area contributed by atoms with Crippen molar-refractivity contribution in [2.24, 2.45) is 11.8 Å². The predicted octanol–water partition coefficient (Wildman–Crippen LogP) is 0.578. The lowest BCUT2D eigenvalue weighted by molar-refractivity contribution is 0.102. The van der Waals surface area contributed by atoms with Gasteiger partial charge in [0, 0.05) is 13.2 Å². The Morgan fingerprint density at radius 3 is 1.42 bits per heavy atom. The van der Waals surface area contributed by atoms with Crippen molar-refractivity contribution in [2.45, 2.75) is 37.9 Å². The Hall–Kier alpha value is -0.200. The van der Waals surface area contributed by atoms with Crippen LogP contribution in [-0.4, -0.2) is 62.1 Å². The molecule has 2 heterocycles. The molecular formula is C14H26O5. The van der Waals surface area contributed by atoms with Crippen LogP contribution in [0.25, 0.3) is 0 Å². The molecule has 5 heteroatoms. The van der Waals surface area contributed by atoms with Gasteiger partial charge in [-0.15, -0.1) is 0 Å². The molecule has 0 radical (unpaired) electrons. The van der Waals surface area contributed by atoms with Crippen LogP contribution in [0.3, 0.4) is 0 Å². The van der Waals surface area contributed by atoms with Crippen LogP contribution in [0.2, 0.25) is 0 Å². The third-order valence-electron chi connectivity index (χ3n) is 3.89. The van der Waals surface area contributed by atoms with Gasteiger partial charge < -0.3 is 24.4 Å². The maximum atomic E-state index is 8.79. The molecule has 2 atom stereocenters. The quantitative estimate of drug-likeness (QED) is 0.693. The fourth-order valence-corrected chi connectivity index (χ4v) is 2.26. The van der Waals surface area contributed by atoms with Crippen LogP contribution in [0.5, 0.6) is 0 Å². The Morgan fingerprint density at radius 1 is 0.789 bits per heavy atom. The van der Waals surface area contributed by atoms with Crippen LogP contribution in [0, 0.1) is 11.8 Å². The smallest absolute Gasteiger partial charge is 0.104 e. The first-order chi connectivity index (χ1) is 9.31. The molecule has 0 bridgehead atoms. The summed E-state index contributed by atoms with van der Waals surface area (Å²) >= 11 is 0. The number of hydrogen-bond acceptors (Lipinski definition) is 5. The summed E-state index contributed by atoms with van der Waals surface area (Å²) in [5, 5.41) is 17.6. The van der Waals surface area contributed by atoms with Crippen molar-refractivity contribution < 1.29 is 24.4 Å². The van der Waals surface area contributed by atoms with E-state index in [0.717, 1.165) is 52.1 Å². The van der Waals surface area contributed by atoms with Gasteiger partial charge in [-0.05, 0) is 37.5 Å². The van der Waals surface area contributed by atoms with E-state index in [1.807, 2.05) is 0 Å².